The Balaban J connectivity index is 2.28. The second kappa shape index (κ2) is 5.53. The van der Waals surface area contributed by atoms with E-state index < -0.39 is 16.6 Å². The minimum absolute atomic E-state index is 0.343. The zero-order valence-electron chi connectivity index (χ0n) is 10.9. The number of benzene rings is 2. The Labute approximate surface area is 114 Å². The summed E-state index contributed by atoms with van der Waals surface area (Å²) >= 11 is 0. The van der Waals surface area contributed by atoms with Crippen LogP contribution in [-0.2, 0) is 16.6 Å². The fourth-order valence-corrected chi connectivity index (χ4v) is 3.29. The number of nitrogens with two attached hydrogens (primary N) is 1. The van der Waals surface area contributed by atoms with Gasteiger partial charge in [-0.1, -0.05) is 29.3 Å². The van der Waals surface area contributed by atoms with Crippen molar-refractivity contribution in [2.45, 2.75) is 24.5 Å². The molecule has 0 saturated carbocycles. The molecule has 2 aromatic rings. The Hall–Kier alpha value is -1.68. The highest BCUT2D eigenvalue weighted by atomic mass is 32.2. The molecule has 2 aromatic carbocycles. The molecule has 1 atom stereocenters. The number of aryl methyl sites for hydroxylation is 2. The first-order valence-corrected chi connectivity index (χ1v) is 7.28. The van der Waals surface area contributed by atoms with Crippen LogP contribution < -0.4 is 5.73 Å². The number of hydrogen-bond donors (Lipinski definition) is 1. The smallest absolute Gasteiger partial charge is 0.124 e. The van der Waals surface area contributed by atoms with Gasteiger partial charge in [-0.05, 0) is 37.6 Å². The minimum Gasteiger partial charge on any atom is -0.398 e. The van der Waals surface area contributed by atoms with Crippen molar-refractivity contribution in [1.82, 2.24) is 0 Å². The van der Waals surface area contributed by atoms with Crippen LogP contribution >= 0.6 is 0 Å². The molecule has 0 fully saturated rings. The van der Waals surface area contributed by atoms with Gasteiger partial charge >= 0.3 is 0 Å². The highest BCUT2D eigenvalue weighted by molar-refractivity contribution is 7.84. The van der Waals surface area contributed by atoms with E-state index in [0.717, 1.165) is 16.7 Å². The Kier molecular flexibility index (Phi) is 4.00. The van der Waals surface area contributed by atoms with Gasteiger partial charge in [0.15, 0.2) is 0 Å². The van der Waals surface area contributed by atoms with E-state index in [1.165, 1.54) is 18.2 Å². The van der Waals surface area contributed by atoms with Crippen molar-refractivity contribution in [1.29, 1.82) is 0 Å². The number of anilines is 1. The maximum atomic E-state index is 13.2. The molecule has 0 amide bonds. The maximum Gasteiger partial charge on any atom is 0.124 e. The first-order chi connectivity index (χ1) is 8.95. The van der Waals surface area contributed by atoms with Gasteiger partial charge in [0.1, 0.15) is 5.82 Å². The standard InChI is InChI=1S/C15H16FNOS/c1-10-5-11(2)7-12(6-10)9-19(18)15-8-13(16)3-4-14(15)17/h3-8H,9,17H2,1-2H3. The molecule has 0 radical (unpaired) electrons. The number of halogens is 1. The number of hydrogen-bond acceptors (Lipinski definition) is 2. The fraction of sp³-hybridized carbons (Fsp3) is 0.200. The van der Waals surface area contributed by atoms with Gasteiger partial charge in [0, 0.05) is 5.69 Å². The highest BCUT2D eigenvalue weighted by Crippen LogP contribution is 2.21. The van der Waals surface area contributed by atoms with Gasteiger partial charge in [-0.2, -0.15) is 0 Å². The van der Waals surface area contributed by atoms with Crippen molar-refractivity contribution >= 4 is 16.5 Å². The molecule has 2 rings (SSSR count). The van der Waals surface area contributed by atoms with E-state index in [0.29, 0.717) is 16.3 Å². The lowest BCUT2D eigenvalue weighted by Crippen LogP contribution is -2.02. The second-order valence-electron chi connectivity index (χ2n) is 4.67. The summed E-state index contributed by atoms with van der Waals surface area (Å²) in [7, 11) is -1.34. The molecule has 19 heavy (non-hydrogen) atoms. The first-order valence-electron chi connectivity index (χ1n) is 5.96. The number of rotatable bonds is 3. The van der Waals surface area contributed by atoms with E-state index >= 15 is 0 Å². The molecule has 100 valence electrons. The van der Waals surface area contributed by atoms with Crippen LogP contribution in [0.2, 0.25) is 0 Å². The molecule has 4 heteroatoms. The van der Waals surface area contributed by atoms with Crippen LogP contribution in [0.25, 0.3) is 0 Å². The van der Waals surface area contributed by atoms with Crippen molar-refractivity contribution in [3.8, 4) is 0 Å². The maximum absolute atomic E-state index is 13.2. The van der Waals surface area contributed by atoms with Crippen LogP contribution in [-0.4, -0.2) is 4.21 Å². The molecule has 0 aromatic heterocycles. The summed E-state index contributed by atoms with van der Waals surface area (Å²) in [6, 6.07) is 9.99. The van der Waals surface area contributed by atoms with Crippen LogP contribution in [0.3, 0.4) is 0 Å². The third-order valence-corrected chi connectivity index (χ3v) is 4.24. The Morgan fingerprint density at radius 2 is 1.74 bits per heavy atom. The van der Waals surface area contributed by atoms with Gasteiger partial charge < -0.3 is 5.73 Å². The third-order valence-electron chi connectivity index (χ3n) is 2.80. The van der Waals surface area contributed by atoms with Gasteiger partial charge in [-0.15, -0.1) is 0 Å². The van der Waals surface area contributed by atoms with Gasteiger partial charge in [-0.25, -0.2) is 4.39 Å². The van der Waals surface area contributed by atoms with E-state index in [1.807, 2.05) is 26.0 Å². The second-order valence-corrected chi connectivity index (χ2v) is 6.09. The monoisotopic (exact) mass is 277 g/mol. The SMILES string of the molecule is Cc1cc(C)cc(CS(=O)c2cc(F)ccc2N)c1. The summed E-state index contributed by atoms with van der Waals surface area (Å²) in [5, 5.41) is 0. The largest absolute Gasteiger partial charge is 0.398 e. The van der Waals surface area contributed by atoms with Crippen molar-refractivity contribution in [3.05, 3.63) is 58.9 Å². The molecule has 1 unspecified atom stereocenters. The molecular formula is C15H16FNOS. The lowest BCUT2D eigenvalue weighted by Gasteiger charge is -2.08. The zero-order chi connectivity index (χ0) is 14.0. The van der Waals surface area contributed by atoms with Crippen LogP contribution in [0.15, 0.2) is 41.3 Å². The minimum atomic E-state index is -1.34. The van der Waals surface area contributed by atoms with Gasteiger partial charge in [0.25, 0.3) is 0 Å². The van der Waals surface area contributed by atoms with E-state index in [4.69, 9.17) is 5.73 Å². The molecule has 0 aliphatic heterocycles. The number of nitrogen functional groups attached to an aromatic ring is 1. The molecule has 2 N–H and O–H groups in total. The molecule has 0 saturated heterocycles. The summed E-state index contributed by atoms with van der Waals surface area (Å²) in [5.74, 6) is -0.0751. The molecular weight excluding hydrogens is 261 g/mol. The average Bonchev–Trinajstić information content (AvgIpc) is 2.30. The summed E-state index contributed by atoms with van der Waals surface area (Å²) in [5.41, 5.74) is 9.33. The van der Waals surface area contributed by atoms with E-state index in [-0.39, 0.29) is 0 Å². The normalized spacial score (nSPS) is 12.4. The van der Waals surface area contributed by atoms with E-state index in [1.54, 1.807) is 0 Å². The van der Waals surface area contributed by atoms with Crippen LogP contribution in [0.1, 0.15) is 16.7 Å². The molecule has 0 aliphatic rings. The highest BCUT2D eigenvalue weighted by Gasteiger charge is 2.10. The molecule has 0 heterocycles. The molecule has 0 spiro atoms. The van der Waals surface area contributed by atoms with Crippen molar-refractivity contribution < 1.29 is 8.60 Å². The zero-order valence-corrected chi connectivity index (χ0v) is 11.8. The predicted molar refractivity (Wildman–Crippen MR) is 76.8 cm³/mol. The molecule has 0 bridgehead atoms. The lowest BCUT2D eigenvalue weighted by atomic mass is 10.1. The third kappa shape index (κ3) is 3.41. The van der Waals surface area contributed by atoms with Gasteiger partial charge in [0.2, 0.25) is 0 Å². The van der Waals surface area contributed by atoms with E-state index in [2.05, 4.69) is 6.07 Å². The fourth-order valence-electron chi connectivity index (χ4n) is 2.09. The molecule has 2 nitrogen and oxygen atoms in total. The first kappa shape index (κ1) is 13.7. The van der Waals surface area contributed by atoms with Gasteiger partial charge in [-0.3, -0.25) is 4.21 Å². The van der Waals surface area contributed by atoms with Crippen LogP contribution in [0.4, 0.5) is 10.1 Å². The summed E-state index contributed by atoms with van der Waals surface area (Å²) in [4.78, 5) is 0.360. The Morgan fingerprint density at radius 3 is 2.37 bits per heavy atom. The van der Waals surface area contributed by atoms with Gasteiger partial charge in [0.05, 0.1) is 21.4 Å². The van der Waals surface area contributed by atoms with Crippen LogP contribution in [0.5, 0.6) is 0 Å². The van der Waals surface area contributed by atoms with Crippen molar-refractivity contribution in [2.24, 2.45) is 0 Å². The Bertz CT molecular complexity index is 620. The van der Waals surface area contributed by atoms with Crippen LogP contribution in [0, 0.1) is 19.7 Å². The quantitative estimate of drug-likeness (QED) is 0.874. The van der Waals surface area contributed by atoms with Crippen molar-refractivity contribution in [3.63, 3.8) is 0 Å². The lowest BCUT2D eigenvalue weighted by molar-refractivity contribution is 0.623. The topological polar surface area (TPSA) is 43.1 Å². The average molecular weight is 277 g/mol. The predicted octanol–water partition coefficient (Wildman–Crippen LogP) is 3.33. The summed E-state index contributed by atoms with van der Waals surface area (Å²) in [6.45, 7) is 3.99. The summed E-state index contributed by atoms with van der Waals surface area (Å²) in [6.07, 6.45) is 0. The summed E-state index contributed by atoms with van der Waals surface area (Å²) < 4.78 is 25.5. The Morgan fingerprint density at radius 1 is 1.11 bits per heavy atom. The van der Waals surface area contributed by atoms with Crippen molar-refractivity contribution in [2.75, 3.05) is 5.73 Å². The molecule has 0 aliphatic carbocycles. The van der Waals surface area contributed by atoms with E-state index in [9.17, 15) is 8.60 Å².